The molecule has 1 aliphatic carbocycles. The Labute approximate surface area is 168 Å². The van der Waals surface area contributed by atoms with Gasteiger partial charge in [0.05, 0.1) is 7.11 Å². The van der Waals surface area contributed by atoms with Gasteiger partial charge in [0.1, 0.15) is 10.6 Å². The van der Waals surface area contributed by atoms with Gasteiger partial charge in [-0.2, -0.15) is 0 Å². The number of sulfonamides is 1. The molecule has 1 atom stereocenters. The third-order valence-corrected chi connectivity index (χ3v) is 5.40. The van der Waals surface area contributed by atoms with Gasteiger partial charge in [0.25, 0.3) is 5.91 Å². The molecular formula is C18H23N3O7S. The summed E-state index contributed by atoms with van der Waals surface area (Å²) in [6, 6.07) is 3.78. The maximum Gasteiger partial charge on any atom is 0.331 e. The lowest BCUT2D eigenvalue weighted by Crippen LogP contribution is -2.45. The van der Waals surface area contributed by atoms with Gasteiger partial charge in [-0.05, 0) is 50.6 Å². The zero-order valence-electron chi connectivity index (χ0n) is 16.2. The molecule has 0 heterocycles. The Bertz CT molecular complexity index is 923. The second-order valence-corrected chi connectivity index (χ2v) is 8.12. The number of nitrogens with one attached hydrogen (secondary N) is 3. The van der Waals surface area contributed by atoms with Crippen LogP contribution in [0.1, 0.15) is 25.3 Å². The lowest BCUT2D eigenvalue weighted by atomic mass is 10.2. The van der Waals surface area contributed by atoms with E-state index in [-0.39, 0.29) is 16.7 Å². The Morgan fingerprint density at radius 1 is 1.24 bits per heavy atom. The molecule has 1 saturated carbocycles. The Balaban J connectivity index is 1.98. The van der Waals surface area contributed by atoms with Crippen LogP contribution in [-0.2, 0) is 24.3 Å². The average Bonchev–Trinajstić information content (AvgIpc) is 3.49. The van der Waals surface area contributed by atoms with Crippen molar-refractivity contribution >= 4 is 34.0 Å². The molecule has 1 unspecified atom stereocenters. The SMILES string of the molecule is CNS(=O)(=O)c1cc(/C=C/C(=O)OC(C)C(=O)NC(=O)NC2CC2)ccc1OC. The molecule has 158 valence electrons. The maximum atomic E-state index is 12.1. The molecule has 0 saturated heterocycles. The molecule has 0 spiro atoms. The van der Waals surface area contributed by atoms with Crippen LogP contribution in [0.2, 0.25) is 0 Å². The molecule has 2 rings (SSSR count). The highest BCUT2D eigenvalue weighted by molar-refractivity contribution is 7.89. The molecule has 1 fully saturated rings. The summed E-state index contributed by atoms with van der Waals surface area (Å²) < 4.78 is 36.3. The quantitative estimate of drug-likeness (QED) is 0.408. The molecular weight excluding hydrogens is 402 g/mol. The normalized spacial score (nSPS) is 14.9. The number of imide groups is 1. The molecule has 3 amide bonds. The molecule has 1 aromatic carbocycles. The van der Waals surface area contributed by atoms with E-state index in [1.54, 1.807) is 6.07 Å². The number of benzene rings is 1. The van der Waals surface area contributed by atoms with Gasteiger partial charge in [0.15, 0.2) is 6.10 Å². The van der Waals surface area contributed by atoms with Gasteiger partial charge in [-0.15, -0.1) is 0 Å². The van der Waals surface area contributed by atoms with Crippen LogP contribution in [0.25, 0.3) is 6.08 Å². The van der Waals surface area contributed by atoms with Gasteiger partial charge < -0.3 is 14.8 Å². The number of hydrogen-bond acceptors (Lipinski definition) is 7. The van der Waals surface area contributed by atoms with Crippen LogP contribution >= 0.6 is 0 Å². The summed E-state index contributed by atoms with van der Waals surface area (Å²) in [4.78, 5) is 35.2. The molecule has 11 heteroatoms. The van der Waals surface area contributed by atoms with E-state index in [2.05, 4.69) is 15.4 Å². The molecule has 0 aromatic heterocycles. The van der Waals surface area contributed by atoms with E-state index in [9.17, 15) is 22.8 Å². The lowest BCUT2D eigenvalue weighted by molar-refractivity contribution is -0.149. The standard InChI is InChI=1S/C18H23N3O7S/c1-11(17(23)21-18(24)20-13-6-7-13)28-16(22)9-5-12-4-8-14(27-3)15(10-12)29(25,26)19-2/h4-5,8-11,13,19H,6-7H2,1-3H3,(H2,20,21,23,24)/b9-5+. The lowest BCUT2D eigenvalue weighted by Gasteiger charge is -2.12. The average molecular weight is 425 g/mol. The van der Waals surface area contributed by atoms with E-state index in [1.807, 2.05) is 0 Å². The Kier molecular flexibility index (Phi) is 7.35. The van der Waals surface area contributed by atoms with Crippen LogP contribution in [-0.4, -0.2) is 52.6 Å². The summed E-state index contributed by atoms with van der Waals surface area (Å²) in [5.74, 6) is -1.44. The second kappa shape index (κ2) is 9.52. The van der Waals surface area contributed by atoms with Crippen LogP contribution in [0.15, 0.2) is 29.2 Å². The number of rotatable bonds is 8. The van der Waals surface area contributed by atoms with Crippen molar-refractivity contribution in [1.82, 2.24) is 15.4 Å². The van der Waals surface area contributed by atoms with Crippen LogP contribution in [0.3, 0.4) is 0 Å². The van der Waals surface area contributed by atoms with Crippen molar-refractivity contribution in [3.63, 3.8) is 0 Å². The van der Waals surface area contributed by atoms with Gasteiger partial charge in [-0.3, -0.25) is 10.1 Å². The van der Waals surface area contributed by atoms with Crippen molar-refractivity contribution in [2.45, 2.75) is 36.8 Å². The monoisotopic (exact) mass is 425 g/mol. The summed E-state index contributed by atoms with van der Waals surface area (Å²) in [5, 5.41) is 4.68. The third kappa shape index (κ3) is 6.57. The number of carbonyl (C=O) groups excluding carboxylic acids is 3. The minimum absolute atomic E-state index is 0.0877. The summed E-state index contributed by atoms with van der Waals surface area (Å²) in [7, 11) is -1.15. The van der Waals surface area contributed by atoms with Crippen molar-refractivity contribution < 1.29 is 32.3 Å². The van der Waals surface area contributed by atoms with E-state index in [1.165, 1.54) is 39.3 Å². The number of hydrogen-bond donors (Lipinski definition) is 3. The first-order chi connectivity index (χ1) is 13.7. The van der Waals surface area contributed by atoms with Gasteiger partial charge >= 0.3 is 12.0 Å². The minimum Gasteiger partial charge on any atom is -0.495 e. The van der Waals surface area contributed by atoms with Crippen molar-refractivity contribution in [2.24, 2.45) is 0 Å². The van der Waals surface area contributed by atoms with Gasteiger partial charge in [0, 0.05) is 12.1 Å². The highest BCUT2D eigenvalue weighted by Gasteiger charge is 2.25. The van der Waals surface area contributed by atoms with E-state index >= 15 is 0 Å². The smallest absolute Gasteiger partial charge is 0.331 e. The number of urea groups is 1. The maximum absolute atomic E-state index is 12.1. The molecule has 3 N–H and O–H groups in total. The predicted molar refractivity (Wildman–Crippen MR) is 104 cm³/mol. The topological polar surface area (TPSA) is 140 Å². The minimum atomic E-state index is -3.76. The van der Waals surface area contributed by atoms with Crippen LogP contribution in [0.5, 0.6) is 5.75 Å². The highest BCUT2D eigenvalue weighted by Crippen LogP contribution is 2.25. The fourth-order valence-electron chi connectivity index (χ4n) is 2.21. The zero-order valence-corrected chi connectivity index (χ0v) is 17.0. The molecule has 1 aromatic rings. The number of carbonyl (C=O) groups is 3. The van der Waals surface area contributed by atoms with Crippen molar-refractivity contribution in [3.05, 3.63) is 29.8 Å². The van der Waals surface area contributed by atoms with Crippen molar-refractivity contribution in [2.75, 3.05) is 14.2 Å². The summed E-state index contributed by atoms with van der Waals surface area (Å²) in [5.41, 5.74) is 0.400. The fourth-order valence-corrected chi connectivity index (χ4v) is 3.14. The Morgan fingerprint density at radius 3 is 2.52 bits per heavy atom. The first-order valence-corrected chi connectivity index (χ1v) is 10.3. The van der Waals surface area contributed by atoms with Gasteiger partial charge in [-0.25, -0.2) is 22.7 Å². The summed E-state index contributed by atoms with van der Waals surface area (Å²) in [6.45, 7) is 1.33. The van der Waals surface area contributed by atoms with E-state index in [4.69, 9.17) is 9.47 Å². The van der Waals surface area contributed by atoms with Crippen LogP contribution in [0, 0.1) is 0 Å². The number of esters is 1. The van der Waals surface area contributed by atoms with Gasteiger partial charge in [-0.1, -0.05) is 6.07 Å². The molecule has 29 heavy (non-hydrogen) atoms. The predicted octanol–water partition coefficient (Wildman–Crippen LogP) is 0.536. The zero-order chi connectivity index (χ0) is 21.6. The molecule has 10 nitrogen and oxygen atoms in total. The van der Waals surface area contributed by atoms with E-state index < -0.39 is 34.0 Å². The molecule has 0 aliphatic heterocycles. The Hall–Kier alpha value is -2.92. The highest BCUT2D eigenvalue weighted by atomic mass is 32.2. The molecule has 0 radical (unpaired) electrons. The molecule has 1 aliphatic rings. The van der Waals surface area contributed by atoms with E-state index in [0.717, 1.165) is 18.9 Å². The fraction of sp³-hybridized carbons (Fsp3) is 0.389. The number of amides is 3. The van der Waals surface area contributed by atoms with Gasteiger partial charge in [0.2, 0.25) is 10.0 Å². The largest absolute Gasteiger partial charge is 0.495 e. The number of ether oxygens (including phenoxy) is 2. The summed E-state index contributed by atoms with van der Waals surface area (Å²) in [6.07, 6.45) is 2.94. The molecule has 0 bridgehead atoms. The Morgan fingerprint density at radius 2 is 1.93 bits per heavy atom. The summed E-state index contributed by atoms with van der Waals surface area (Å²) >= 11 is 0. The van der Waals surface area contributed by atoms with Crippen LogP contribution in [0.4, 0.5) is 4.79 Å². The van der Waals surface area contributed by atoms with E-state index in [0.29, 0.717) is 5.56 Å². The third-order valence-electron chi connectivity index (χ3n) is 3.97. The number of methoxy groups -OCH3 is 1. The first kappa shape index (κ1) is 22.4. The first-order valence-electron chi connectivity index (χ1n) is 8.78. The van der Waals surface area contributed by atoms with Crippen molar-refractivity contribution in [1.29, 1.82) is 0 Å². The second-order valence-electron chi connectivity index (χ2n) is 6.27. The van der Waals surface area contributed by atoms with Crippen LogP contribution < -0.4 is 20.1 Å². The van der Waals surface area contributed by atoms with Crippen molar-refractivity contribution in [3.8, 4) is 5.75 Å².